The van der Waals surface area contributed by atoms with E-state index in [1.165, 1.54) is 35.6 Å². The number of aryl methyl sites for hydroxylation is 1. The normalized spacial score (nSPS) is 11.2. The van der Waals surface area contributed by atoms with Gasteiger partial charge in [-0.3, -0.25) is 9.10 Å². The number of sulfonamides is 1. The molecule has 2 aromatic rings. The average molecular weight is 381 g/mol. The van der Waals surface area contributed by atoms with Gasteiger partial charge < -0.3 is 5.32 Å². The van der Waals surface area contributed by atoms with Gasteiger partial charge in [0, 0.05) is 24.2 Å². The molecule has 2 aromatic carbocycles. The lowest BCUT2D eigenvalue weighted by Crippen LogP contribution is -2.28. The second-order valence-electron chi connectivity index (χ2n) is 5.68. The fraction of sp³-hybridized carbons (Fsp3) is 0.278. The number of nitrogens with one attached hydrogen (secondary N) is 1. The highest BCUT2D eigenvalue weighted by Crippen LogP contribution is 2.26. The van der Waals surface area contributed by atoms with Crippen molar-refractivity contribution in [3.05, 3.63) is 58.6 Å². The highest BCUT2D eigenvalue weighted by atomic mass is 35.5. The Morgan fingerprint density at radius 1 is 1.16 bits per heavy atom. The molecular weight excluding hydrogens is 360 g/mol. The van der Waals surface area contributed by atoms with E-state index in [-0.39, 0.29) is 10.8 Å². The van der Waals surface area contributed by atoms with Crippen molar-refractivity contribution in [1.82, 2.24) is 5.32 Å². The van der Waals surface area contributed by atoms with Crippen LogP contribution in [-0.2, 0) is 10.0 Å². The number of nitrogens with zero attached hydrogens (tertiary/aromatic N) is 1. The molecule has 0 aromatic heterocycles. The van der Waals surface area contributed by atoms with Gasteiger partial charge in [-0.25, -0.2) is 8.42 Å². The van der Waals surface area contributed by atoms with E-state index in [1.54, 1.807) is 25.1 Å². The van der Waals surface area contributed by atoms with Gasteiger partial charge in [-0.1, -0.05) is 18.5 Å². The van der Waals surface area contributed by atoms with Gasteiger partial charge in [-0.15, -0.1) is 0 Å². The van der Waals surface area contributed by atoms with Crippen LogP contribution in [0.25, 0.3) is 0 Å². The summed E-state index contributed by atoms with van der Waals surface area (Å²) in [6, 6.07) is 11.0. The summed E-state index contributed by atoms with van der Waals surface area (Å²) in [5, 5.41) is 3.28. The first-order chi connectivity index (χ1) is 11.8. The second-order valence-corrected chi connectivity index (χ2v) is 8.09. The van der Waals surface area contributed by atoms with E-state index in [1.807, 2.05) is 6.92 Å². The standard InChI is InChI=1S/C18H21ClN2O3S/c1-4-11-20-18(22)14-5-10-17(13(2)12-14)21(3)25(23,24)16-8-6-15(19)7-9-16/h5-10,12H,4,11H2,1-3H3,(H,20,22). The number of hydrogen-bond acceptors (Lipinski definition) is 3. The molecule has 0 bridgehead atoms. The molecule has 0 spiro atoms. The molecule has 134 valence electrons. The first-order valence-corrected chi connectivity index (χ1v) is 9.72. The van der Waals surface area contributed by atoms with Crippen LogP contribution in [0.5, 0.6) is 0 Å². The van der Waals surface area contributed by atoms with Crippen molar-refractivity contribution in [2.45, 2.75) is 25.2 Å². The largest absolute Gasteiger partial charge is 0.352 e. The molecule has 1 amide bonds. The van der Waals surface area contributed by atoms with E-state index in [2.05, 4.69) is 5.32 Å². The number of carbonyl (C=O) groups excluding carboxylic acids is 1. The maximum atomic E-state index is 12.8. The van der Waals surface area contributed by atoms with Crippen molar-refractivity contribution in [3.8, 4) is 0 Å². The molecule has 0 atom stereocenters. The van der Waals surface area contributed by atoms with Crippen LogP contribution in [-0.4, -0.2) is 27.9 Å². The summed E-state index contributed by atoms with van der Waals surface area (Å²) in [7, 11) is -2.22. The molecule has 0 heterocycles. The predicted octanol–water partition coefficient (Wildman–Crippen LogP) is 3.61. The van der Waals surface area contributed by atoms with Crippen LogP contribution in [0.3, 0.4) is 0 Å². The minimum Gasteiger partial charge on any atom is -0.352 e. The van der Waals surface area contributed by atoms with Crippen molar-refractivity contribution in [2.24, 2.45) is 0 Å². The third-order valence-corrected chi connectivity index (χ3v) is 5.84. The SMILES string of the molecule is CCCNC(=O)c1ccc(N(C)S(=O)(=O)c2ccc(Cl)cc2)c(C)c1. The van der Waals surface area contributed by atoms with Gasteiger partial charge in [0.1, 0.15) is 0 Å². The summed E-state index contributed by atoms with van der Waals surface area (Å²) in [5.74, 6) is -0.167. The Labute approximate surface area is 153 Å². The molecule has 0 saturated heterocycles. The summed E-state index contributed by atoms with van der Waals surface area (Å²) in [4.78, 5) is 12.2. The lowest BCUT2D eigenvalue weighted by atomic mass is 10.1. The summed E-state index contributed by atoms with van der Waals surface area (Å²) < 4.78 is 26.7. The quantitative estimate of drug-likeness (QED) is 0.832. The van der Waals surface area contributed by atoms with Gasteiger partial charge in [-0.05, 0) is 61.4 Å². The number of amides is 1. The third-order valence-electron chi connectivity index (χ3n) is 3.81. The van der Waals surface area contributed by atoms with Crippen molar-refractivity contribution in [2.75, 3.05) is 17.9 Å². The Hall–Kier alpha value is -2.05. The van der Waals surface area contributed by atoms with Gasteiger partial charge >= 0.3 is 0 Å². The molecule has 0 aliphatic carbocycles. The minimum absolute atomic E-state index is 0.156. The first kappa shape index (κ1) is 19.3. The second kappa shape index (κ2) is 7.89. The maximum absolute atomic E-state index is 12.8. The summed E-state index contributed by atoms with van der Waals surface area (Å²) in [6.45, 7) is 4.36. The first-order valence-electron chi connectivity index (χ1n) is 7.90. The molecule has 0 unspecified atom stereocenters. The van der Waals surface area contributed by atoms with Crippen molar-refractivity contribution in [1.29, 1.82) is 0 Å². The van der Waals surface area contributed by atoms with Crippen LogP contribution in [0.4, 0.5) is 5.69 Å². The number of rotatable bonds is 6. The van der Waals surface area contributed by atoms with Crippen molar-refractivity contribution >= 4 is 33.2 Å². The highest BCUT2D eigenvalue weighted by Gasteiger charge is 2.23. The van der Waals surface area contributed by atoms with Crippen LogP contribution in [0.1, 0.15) is 29.3 Å². The van der Waals surface area contributed by atoms with Gasteiger partial charge in [-0.2, -0.15) is 0 Å². The monoisotopic (exact) mass is 380 g/mol. The molecule has 1 N–H and O–H groups in total. The lowest BCUT2D eigenvalue weighted by molar-refractivity contribution is 0.0953. The topological polar surface area (TPSA) is 66.5 Å². The smallest absolute Gasteiger partial charge is 0.264 e. The zero-order valence-corrected chi connectivity index (χ0v) is 16.0. The summed E-state index contributed by atoms with van der Waals surface area (Å²) in [5.41, 5.74) is 1.72. The fourth-order valence-electron chi connectivity index (χ4n) is 2.38. The molecule has 0 aliphatic heterocycles. The Morgan fingerprint density at radius 3 is 2.36 bits per heavy atom. The maximum Gasteiger partial charge on any atom is 0.264 e. The molecule has 2 rings (SSSR count). The fourth-order valence-corrected chi connectivity index (χ4v) is 3.77. The number of anilines is 1. The Kier molecular flexibility index (Phi) is 6.08. The van der Waals surface area contributed by atoms with Gasteiger partial charge in [0.15, 0.2) is 0 Å². The van der Waals surface area contributed by atoms with Crippen molar-refractivity contribution in [3.63, 3.8) is 0 Å². The number of hydrogen-bond donors (Lipinski definition) is 1. The van der Waals surface area contributed by atoms with Crippen LogP contribution in [0, 0.1) is 6.92 Å². The Morgan fingerprint density at radius 2 is 1.80 bits per heavy atom. The molecule has 25 heavy (non-hydrogen) atoms. The van der Waals surface area contributed by atoms with E-state index >= 15 is 0 Å². The van der Waals surface area contributed by atoms with Crippen LogP contribution < -0.4 is 9.62 Å². The van der Waals surface area contributed by atoms with E-state index in [9.17, 15) is 13.2 Å². The number of halogens is 1. The van der Waals surface area contributed by atoms with Gasteiger partial charge in [0.2, 0.25) is 0 Å². The van der Waals surface area contributed by atoms with Crippen LogP contribution >= 0.6 is 11.6 Å². The highest BCUT2D eigenvalue weighted by molar-refractivity contribution is 7.92. The van der Waals surface area contributed by atoms with E-state index in [0.29, 0.717) is 28.4 Å². The zero-order valence-electron chi connectivity index (χ0n) is 14.4. The Balaban J connectivity index is 2.31. The number of benzene rings is 2. The Bertz CT molecular complexity index is 864. The number of carbonyl (C=O) groups is 1. The molecule has 0 fully saturated rings. The summed E-state index contributed by atoms with van der Waals surface area (Å²) in [6.07, 6.45) is 0.852. The summed E-state index contributed by atoms with van der Waals surface area (Å²) >= 11 is 5.82. The average Bonchev–Trinajstić information content (AvgIpc) is 2.59. The van der Waals surface area contributed by atoms with E-state index in [4.69, 9.17) is 11.6 Å². The third kappa shape index (κ3) is 4.32. The van der Waals surface area contributed by atoms with Crippen LogP contribution in [0.2, 0.25) is 5.02 Å². The predicted molar refractivity (Wildman–Crippen MR) is 101 cm³/mol. The molecular formula is C18H21ClN2O3S. The molecule has 0 aliphatic rings. The van der Waals surface area contributed by atoms with E-state index in [0.717, 1.165) is 6.42 Å². The molecule has 5 nitrogen and oxygen atoms in total. The van der Waals surface area contributed by atoms with Gasteiger partial charge in [0.25, 0.3) is 15.9 Å². The molecule has 0 saturated carbocycles. The lowest BCUT2D eigenvalue weighted by Gasteiger charge is -2.22. The minimum atomic E-state index is -3.70. The van der Waals surface area contributed by atoms with Gasteiger partial charge in [0.05, 0.1) is 10.6 Å². The van der Waals surface area contributed by atoms with E-state index < -0.39 is 10.0 Å². The molecule has 7 heteroatoms. The molecule has 0 radical (unpaired) electrons. The van der Waals surface area contributed by atoms with Crippen molar-refractivity contribution < 1.29 is 13.2 Å². The zero-order chi connectivity index (χ0) is 18.6. The van der Waals surface area contributed by atoms with Crippen LogP contribution in [0.15, 0.2) is 47.4 Å².